The highest BCUT2D eigenvalue weighted by Gasteiger charge is 2.15. The molecule has 130 valence electrons. The first-order valence-electron chi connectivity index (χ1n) is 7.12. The zero-order chi connectivity index (χ0) is 17.5. The highest BCUT2D eigenvalue weighted by molar-refractivity contribution is 7.80. The van der Waals surface area contributed by atoms with E-state index >= 15 is 0 Å². The van der Waals surface area contributed by atoms with Crippen LogP contribution in [-0.4, -0.2) is 34.4 Å². The quantitative estimate of drug-likeness (QED) is 0.350. The molecule has 0 bridgehead atoms. The van der Waals surface area contributed by atoms with Crippen molar-refractivity contribution in [1.82, 2.24) is 16.2 Å². The van der Waals surface area contributed by atoms with Crippen molar-refractivity contribution in [2.24, 2.45) is 0 Å². The molecule has 0 aliphatic carbocycles. The van der Waals surface area contributed by atoms with Gasteiger partial charge in [0.05, 0.1) is 21.7 Å². The average molecular weight is 390 g/mol. The van der Waals surface area contributed by atoms with Crippen LogP contribution in [0.1, 0.15) is 12.8 Å². The third-order valence-corrected chi connectivity index (χ3v) is 3.99. The van der Waals surface area contributed by atoms with Crippen LogP contribution in [0.15, 0.2) is 18.2 Å². The van der Waals surface area contributed by atoms with Gasteiger partial charge in [-0.1, -0.05) is 11.6 Å². The van der Waals surface area contributed by atoms with Crippen LogP contribution >= 0.6 is 36.0 Å². The summed E-state index contributed by atoms with van der Waals surface area (Å²) in [5.41, 5.74) is 5.63. The van der Waals surface area contributed by atoms with Crippen LogP contribution in [0.4, 0.5) is 11.4 Å². The number of rotatable bonds is 4. The van der Waals surface area contributed by atoms with Gasteiger partial charge in [0.2, 0.25) is 0 Å². The summed E-state index contributed by atoms with van der Waals surface area (Å²) in [4.78, 5) is 10.3. The topological polar surface area (TPSA) is 100 Å². The second kappa shape index (κ2) is 8.92. The monoisotopic (exact) mass is 389 g/mol. The van der Waals surface area contributed by atoms with Crippen molar-refractivity contribution in [3.05, 3.63) is 33.3 Å². The Labute approximate surface area is 154 Å². The van der Waals surface area contributed by atoms with E-state index in [1.54, 1.807) is 0 Å². The lowest BCUT2D eigenvalue weighted by atomic mass is 10.2. The number of nitrogens with one attached hydrogen (secondary N) is 4. The third-order valence-electron chi connectivity index (χ3n) is 3.21. The van der Waals surface area contributed by atoms with Gasteiger partial charge in [0.15, 0.2) is 10.2 Å². The summed E-state index contributed by atoms with van der Waals surface area (Å²) in [6.07, 6.45) is 2.23. The van der Waals surface area contributed by atoms with E-state index in [0.29, 0.717) is 22.4 Å². The molecule has 1 heterocycles. The van der Waals surface area contributed by atoms with Gasteiger partial charge in [-0.25, -0.2) is 0 Å². The van der Waals surface area contributed by atoms with E-state index in [-0.39, 0.29) is 16.9 Å². The van der Waals surface area contributed by atoms with Gasteiger partial charge in [-0.3, -0.25) is 21.0 Å². The van der Waals surface area contributed by atoms with E-state index in [0.717, 1.165) is 19.4 Å². The molecule has 1 aliphatic heterocycles. The Morgan fingerprint density at radius 2 is 2.12 bits per heavy atom. The summed E-state index contributed by atoms with van der Waals surface area (Å²) in [7, 11) is 0. The van der Waals surface area contributed by atoms with E-state index in [9.17, 15) is 10.1 Å². The minimum Gasteiger partial charge on any atom is -0.376 e. The second-order valence-electron chi connectivity index (χ2n) is 4.97. The van der Waals surface area contributed by atoms with Gasteiger partial charge < -0.3 is 15.4 Å². The maximum Gasteiger partial charge on any atom is 0.271 e. The number of non-ortho nitro benzene ring substituents is 1. The Bertz CT molecular complexity index is 640. The van der Waals surface area contributed by atoms with Gasteiger partial charge in [0, 0.05) is 25.3 Å². The number of hydrogen-bond donors (Lipinski definition) is 4. The lowest BCUT2D eigenvalue weighted by Gasteiger charge is -2.16. The Hall–Kier alpha value is -1.75. The Morgan fingerprint density at radius 3 is 2.79 bits per heavy atom. The van der Waals surface area contributed by atoms with Crippen LogP contribution in [0, 0.1) is 10.1 Å². The fourth-order valence-corrected chi connectivity index (χ4v) is 2.51. The molecular formula is C13H16ClN5O3S2. The number of benzene rings is 1. The standard InChI is InChI=1S/C13H16ClN5O3S2/c14-10-4-3-8(19(20)21)6-11(10)16-13(24)18-17-12(23)15-7-9-2-1-5-22-9/h3-4,6,9H,1-2,5,7H2,(H2,15,17,23)(H2,16,18,24)/t9-/m1/s1. The van der Waals surface area contributed by atoms with Crippen LogP contribution in [0.3, 0.4) is 0 Å². The molecule has 1 fully saturated rings. The fraction of sp³-hybridized carbons (Fsp3) is 0.385. The SMILES string of the molecule is O=[N+]([O-])c1ccc(Cl)c(NC(=S)NNC(=S)NC[C@H]2CCCO2)c1. The molecule has 1 aromatic carbocycles. The molecule has 0 spiro atoms. The first-order chi connectivity index (χ1) is 11.5. The van der Waals surface area contributed by atoms with Crippen LogP contribution in [0.2, 0.25) is 5.02 Å². The van der Waals surface area contributed by atoms with Crippen molar-refractivity contribution in [2.45, 2.75) is 18.9 Å². The fourth-order valence-electron chi connectivity index (χ4n) is 2.05. The molecule has 24 heavy (non-hydrogen) atoms. The predicted octanol–water partition coefficient (Wildman–Crippen LogP) is 2.09. The number of hydrogen-bond acceptors (Lipinski definition) is 5. The van der Waals surface area contributed by atoms with Crippen molar-refractivity contribution in [1.29, 1.82) is 0 Å². The first kappa shape index (κ1) is 18.6. The number of nitrogens with zero attached hydrogens (tertiary/aromatic N) is 1. The number of hydrazine groups is 1. The number of nitro groups is 1. The second-order valence-corrected chi connectivity index (χ2v) is 6.19. The zero-order valence-electron chi connectivity index (χ0n) is 12.5. The maximum absolute atomic E-state index is 10.8. The number of ether oxygens (including phenoxy) is 1. The number of nitro benzene ring substituents is 1. The molecule has 4 N–H and O–H groups in total. The van der Waals surface area contributed by atoms with Crippen molar-refractivity contribution in [3.63, 3.8) is 0 Å². The summed E-state index contributed by atoms with van der Waals surface area (Å²) >= 11 is 16.2. The highest BCUT2D eigenvalue weighted by atomic mass is 35.5. The molecule has 8 nitrogen and oxygen atoms in total. The van der Waals surface area contributed by atoms with Gasteiger partial charge in [-0.15, -0.1) is 0 Å². The van der Waals surface area contributed by atoms with Crippen LogP contribution in [0.25, 0.3) is 0 Å². The molecule has 1 aliphatic rings. The smallest absolute Gasteiger partial charge is 0.271 e. The molecule has 0 radical (unpaired) electrons. The summed E-state index contributed by atoms with van der Waals surface area (Å²) in [5.74, 6) is 0. The number of halogens is 1. The van der Waals surface area contributed by atoms with E-state index in [1.807, 2.05) is 0 Å². The van der Waals surface area contributed by atoms with Gasteiger partial charge >= 0.3 is 0 Å². The van der Waals surface area contributed by atoms with Gasteiger partial charge in [0.1, 0.15) is 0 Å². The van der Waals surface area contributed by atoms with E-state index in [4.69, 9.17) is 40.8 Å². The third kappa shape index (κ3) is 5.71. The minimum absolute atomic E-state index is 0.0913. The van der Waals surface area contributed by atoms with Crippen molar-refractivity contribution in [3.8, 4) is 0 Å². The summed E-state index contributed by atoms with van der Waals surface area (Å²) in [5, 5.41) is 17.4. The maximum atomic E-state index is 10.8. The molecule has 0 aromatic heterocycles. The van der Waals surface area contributed by atoms with E-state index in [2.05, 4.69) is 21.5 Å². The lowest BCUT2D eigenvalue weighted by Crippen LogP contribution is -2.49. The first-order valence-corrected chi connectivity index (χ1v) is 8.31. The Morgan fingerprint density at radius 1 is 1.38 bits per heavy atom. The molecule has 0 unspecified atom stereocenters. The van der Waals surface area contributed by atoms with Crippen LogP contribution in [0.5, 0.6) is 0 Å². The average Bonchev–Trinajstić information content (AvgIpc) is 3.06. The van der Waals surface area contributed by atoms with Crippen LogP contribution in [-0.2, 0) is 4.74 Å². The molecule has 11 heteroatoms. The number of anilines is 1. The molecular weight excluding hydrogens is 374 g/mol. The minimum atomic E-state index is -0.514. The Kier molecular flexibility index (Phi) is 6.91. The van der Waals surface area contributed by atoms with E-state index in [1.165, 1.54) is 18.2 Å². The lowest BCUT2D eigenvalue weighted by molar-refractivity contribution is -0.384. The van der Waals surface area contributed by atoms with Gasteiger partial charge in [-0.2, -0.15) is 0 Å². The molecule has 1 aromatic rings. The van der Waals surface area contributed by atoms with Crippen molar-refractivity contribution >= 4 is 57.6 Å². The van der Waals surface area contributed by atoms with Crippen LogP contribution < -0.4 is 21.5 Å². The molecule has 1 saturated heterocycles. The molecule has 1 atom stereocenters. The summed E-state index contributed by atoms with van der Waals surface area (Å²) in [6.45, 7) is 1.40. The normalized spacial score (nSPS) is 16.3. The van der Waals surface area contributed by atoms with Crippen molar-refractivity contribution in [2.75, 3.05) is 18.5 Å². The molecule has 2 rings (SSSR count). The predicted molar refractivity (Wildman–Crippen MR) is 100 cm³/mol. The van der Waals surface area contributed by atoms with E-state index < -0.39 is 4.92 Å². The van der Waals surface area contributed by atoms with Crippen molar-refractivity contribution < 1.29 is 9.66 Å². The largest absolute Gasteiger partial charge is 0.376 e. The highest BCUT2D eigenvalue weighted by Crippen LogP contribution is 2.26. The number of thiocarbonyl (C=S) groups is 2. The Balaban J connectivity index is 1.77. The molecule has 0 amide bonds. The van der Waals surface area contributed by atoms with Gasteiger partial charge in [0.25, 0.3) is 5.69 Å². The zero-order valence-corrected chi connectivity index (χ0v) is 14.9. The molecule has 0 saturated carbocycles. The summed E-state index contributed by atoms with van der Waals surface area (Å²) < 4.78 is 5.47. The summed E-state index contributed by atoms with van der Waals surface area (Å²) in [6, 6.07) is 4.03. The van der Waals surface area contributed by atoms with Gasteiger partial charge in [-0.05, 0) is 43.3 Å².